The molecule has 0 radical (unpaired) electrons. The lowest BCUT2D eigenvalue weighted by molar-refractivity contribution is -0.389. The number of aromatic nitrogens is 2. The summed E-state index contributed by atoms with van der Waals surface area (Å²) in [7, 11) is -1.36. The first-order valence-electron chi connectivity index (χ1n) is 14.8. The largest absolute Gasteiger partial charge is 0.490 e. The van der Waals surface area contributed by atoms with Gasteiger partial charge in [-0.25, -0.2) is 0 Å². The van der Waals surface area contributed by atoms with Crippen molar-refractivity contribution in [1.29, 1.82) is 0 Å². The van der Waals surface area contributed by atoms with E-state index in [-0.39, 0.29) is 23.7 Å². The van der Waals surface area contributed by atoms with Crippen LogP contribution in [0.15, 0.2) is 83.9 Å². The van der Waals surface area contributed by atoms with Crippen molar-refractivity contribution < 1.29 is 31.8 Å². The Hall–Kier alpha value is -4.43. The van der Waals surface area contributed by atoms with Gasteiger partial charge in [0.1, 0.15) is 24.7 Å². The van der Waals surface area contributed by atoms with E-state index in [2.05, 4.69) is 14.8 Å². The number of nitrogens with zero attached hydrogens (tertiary/aromatic N) is 5. The Balaban J connectivity index is 0.931. The van der Waals surface area contributed by atoms with Gasteiger partial charge >= 0.3 is 18.0 Å². The van der Waals surface area contributed by atoms with Crippen LogP contribution in [0, 0.1) is 10.1 Å². The van der Waals surface area contributed by atoms with Crippen molar-refractivity contribution in [2.75, 3.05) is 37.7 Å². The standard InChI is InChI=1S/C32H32F3N5O5S/c33-32(34,35)25-5-1-24(2-6-25)22-46(43)29-11-3-23(4-12-29)19-37-15-17-38(18-16-37)26-7-9-27(10-8-26)44-21-28-13-14-39-20-30(40(41)42)36-31(39)45-28/h1-12,20,28H,13-19,21-22H2/t28-,46?/m1/s1. The number of alkyl halides is 3. The zero-order chi connectivity index (χ0) is 32.3. The Kier molecular flexibility index (Phi) is 9.27. The average molecular weight is 656 g/mol. The van der Waals surface area contributed by atoms with E-state index < -0.39 is 27.5 Å². The lowest BCUT2D eigenvalue weighted by atomic mass is 10.1. The zero-order valence-electron chi connectivity index (χ0n) is 24.8. The summed E-state index contributed by atoms with van der Waals surface area (Å²) in [6, 6.07) is 20.5. The number of aryl methyl sites for hydroxylation is 1. The number of hydrogen-bond acceptors (Lipinski definition) is 8. The Morgan fingerprint density at radius 3 is 2.26 bits per heavy atom. The number of anilines is 1. The van der Waals surface area contributed by atoms with Crippen molar-refractivity contribution >= 4 is 22.3 Å². The van der Waals surface area contributed by atoms with Crippen LogP contribution in [0.25, 0.3) is 0 Å². The second kappa shape index (κ2) is 13.5. The number of halogens is 3. The molecular formula is C32H32F3N5O5S. The molecule has 1 saturated heterocycles. The van der Waals surface area contributed by atoms with Crippen molar-refractivity contribution in [2.24, 2.45) is 0 Å². The van der Waals surface area contributed by atoms with Gasteiger partial charge in [0.25, 0.3) is 0 Å². The average Bonchev–Trinajstić information content (AvgIpc) is 3.49. The van der Waals surface area contributed by atoms with E-state index in [0.717, 1.165) is 61.9 Å². The molecule has 2 atom stereocenters. The van der Waals surface area contributed by atoms with Crippen molar-refractivity contribution in [2.45, 2.75) is 42.4 Å². The highest BCUT2D eigenvalue weighted by atomic mass is 32.2. The predicted molar refractivity (Wildman–Crippen MR) is 165 cm³/mol. The second-order valence-electron chi connectivity index (χ2n) is 11.3. The minimum atomic E-state index is -4.39. The van der Waals surface area contributed by atoms with E-state index in [1.165, 1.54) is 18.3 Å². The molecule has 10 nitrogen and oxygen atoms in total. The molecule has 0 spiro atoms. The summed E-state index contributed by atoms with van der Waals surface area (Å²) in [5.41, 5.74) is 2.09. The van der Waals surface area contributed by atoms with Gasteiger partial charge in [0.05, 0.1) is 22.1 Å². The highest BCUT2D eigenvalue weighted by molar-refractivity contribution is 7.84. The maximum Gasteiger partial charge on any atom is 0.416 e. The third kappa shape index (κ3) is 7.68. The molecule has 3 heterocycles. The SMILES string of the molecule is O=[N+]([O-])c1cn2c(n1)O[C@@H](COc1ccc(N3CCN(Cc4ccc(S(=O)Cc5ccc(C(F)(F)F)cc5)cc4)CC3)cc1)CC2. The van der Waals surface area contributed by atoms with E-state index in [1.807, 2.05) is 48.5 Å². The van der Waals surface area contributed by atoms with Crippen molar-refractivity contribution in [3.63, 3.8) is 0 Å². The van der Waals surface area contributed by atoms with Crippen LogP contribution in [0.3, 0.4) is 0 Å². The zero-order valence-corrected chi connectivity index (χ0v) is 25.6. The van der Waals surface area contributed by atoms with E-state index in [1.54, 1.807) is 4.57 Å². The number of fused-ring (bicyclic) bond motifs is 1. The molecule has 1 fully saturated rings. The van der Waals surface area contributed by atoms with Crippen LogP contribution < -0.4 is 14.4 Å². The van der Waals surface area contributed by atoms with Crippen molar-refractivity contribution in [3.05, 3.63) is 106 Å². The number of imidazole rings is 1. The quantitative estimate of drug-likeness (QED) is 0.159. The van der Waals surface area contributed by atoms with Gasteiger partial charge < -0.3 is 24.5 Å². The molecule has 242 valence electrons. The third-order valence-corrected chi connectivity index (χ3v) is 9.45. The summed E-state index contributed by atoms with van der Waals surface area (Å²) in [6.45, 7) is 5.15. The molecule has 0 aliphatic carbocycles. The summed E-state index contributed by atoms with van der Waals surface area (Å²) < 4.78 is 64.5. The Morgan fingerprint density at radius 2 is 1.61 bits per heavy atom. The number of hydrogen-bond donors (Lipinski definition) is 0. The first kappa shape index (κ1) is 31.5. The second-order valence-corrected chi connectivity index (χ2v) is 12.7. The molecule has 1 unspecified atom stereocenters. The fourth-order valence-electron chi connectivity index (χ4n) is 5.47. The topological polar surface area (TPSA) is 103 Å². The van der Waals surface area contributed by atoms with Gasteiger partial charge in [-0.1, -0.05) is 24.3 Å². The summed E-state index contributed by atoms with van der Waals surface area (Å²) in [5, 5.41) is 11.0. The minimum Gasteiger partial charge on any atom is -0.490 e. The molecule has 0 N–H and O–H groups in total. The molecule has 2 aliphatic heterocycles. The molecule has 6 rings (SSSR count). The van der Waals surface area contributed by atoms with Crippen molar-refractivity contribution in [1.82, 2.24) is 14.5 Å². The molecule has 1 aromatic heterocycles. The van der Waals surface area contributed by atoms with Crippen LogP contribution in [0.5, 0.6) is 11.8 Å². The van der Waals surface area contributed by atoms with Gasteiger partial charge in [-0.3, -0.25) is 13.7 Å². The lowest BCUT2D eigenvalue weighted by Gasteiger charge is -2.36. The van der Waals surface area contributed by atoms with Gasteiger partial charge in [-0.15, -0.1) is 0 Å². The highest BCUT2D eigenvalue weighted by Gasteiger charge is 2.30. The highest BCUT2D eigenvalue weighted by Crippen LogP contribution is 2.30. The van der Waals surface area contributed by atoms with Gasteiger partial charge in [0.15, 0.2) is 0 Å². The fraction of sp³-hybridized carbons (Fsp3) is 0.344. The molecule has 2 aliphatic rings. The van der Waals surface area contributed by atoms with Crippen LogP contribution in [-0.4, -0.2) is 62.5 Å². The fourth-order valence-corrected chi connectivity index (χ4v) is 6.57. The van der Waals surface area contributed by atoms with E-state index in [9.17, 15) is 27.5 Å². The van der Waals surface area contributed by atoms with Crippen LogP contribution in [0.1, 0.15) is 23.1 Å². The van der Waals surface area contributed by atoms with Gasteiger partial charge in [0, 0.05) is 61.3 Å². The molecule has 46 heavy (non-hydrogen) atoms. The van der Waals surface area contributed by atoms with Crippen molar-refractivity contribution in [3.8, 4) is 11.8 Å². The predicted octanol–water partition coefficient (Wildman–Crippen LogP) is 5.67. The van der Waals surface area contributed by atoms with Crippen LogP contribution in [-0.2, 0) is 35.8 Å². The lowest BCUT2D eigenvalue weighted by Crippen LogP contribution is -2.45. The molecular weight excluding hydrogens is 623 g/mol. The molecule has 4 aromatic rings. The smallest absolute Gasteiger partial charge is 0.416 e. The minimum absolute atomic E-state index is 0.156. The monoisotopic (exact) mass is 655 g/mol. The number of rotatable bonds is 10. The first-order chi connectivity index (χ1) is 22.1. The number of ether oxygens (including phenoxy) is 2. The Bertz CT molecular complexity index is 1670. The molecule has 14 heteroatoms. The van der Waals surface area contributed by atoms with E-state index >= 15 is 0 Å². The number of benzene rings is 3. The van der Waals surface area contributed by atoms with Crippen LogP contribution in [0.4, 0.5) is 24.7 Å². The summed E-state index contributed by atoms with van der Waals surface area (Å²) in [6.07, 6.45) is -2.59. The van der Waals surface area contributed by atoms with Gasteiger partial charge in [-0.2, -0.15) is 13.2 Å². The Morgan fingerprint density at radius 1 is 0.935 bits per heavy atom. The van der Waals surface area contributed by atoms with Crippen LogP contribution in [0.2, 0.25) is 0 Å². The Labute approximate surface area is 266 Å². The molecule has 3 aromatic carbocycles. The van der Waals surface area contributed by atoms with E-state index in [4.69, 9.17) is 9.47 Å². The maximum absolute atomic E-state index is 12.8. The maximum atomic E-state index is 12.8. The molecule has 0 saturated carbocycles. The number of piperazine rings is 1. The normalized spacial score (nSPS) is 17.6. The first-order valence-corrected chi connectivity index (χ1v) is 16.1. The van der Waals surface area contributed by atoms with Crippen LogP contribution >= 0.6 is 0 Å². The summed E-state index contributed by atoms with van der Waals surface area (Å²) in [4.78, 5) is 19.7. The summed E-state index contributed by atoms with van der Waals surface area (Å²) in [5.74, 6) is 0.647. The summed E-state index contributed by atoms with van der Waals surface area (Å²) >= 11 is 0. The van der Waals surface area contributed by atoms with E-state index in [0.29, 0.717) is 30.0 Å². The van der Waals surface area contributed by atoms with Gasteiger partial charge in [0.2, 0.25) is 0 Å². The third-order valence-electron chi connectivity index (χ3n) is 8.06. The number of nitro groups is 1. The van der Waals surface area contributed by atoms with Gasteiger partial charge in [-0.05, 0) is 64.6 Å². The molecule has 0 amide bonds. The molecule has 0 bridgehead atoms.